The van der Waals surface area contributed by atoms with E-state index in [4.69, 9.17) is 10.0 Å². The van der Waals surface area contributed by atoms with Gasteiger partial charge in [0.15, 0.2) is 0 Å². The van der Waals surface area contributed by atoms with Gasteiger partial charge < -0.3 is 10.0 Å². The summed E-state index contributed by atoms with van der Waals surface area (Å²) in [4.78, 5) is 0. The van der Waals surface area contributed by atoms with Crippen LogP contribution in [-0.2, 0) is 6.42 Å². The first-order valence-corrected chi connectivity index (χ1v) is 4.34. The summed E-state index contributed by atoms with van der Waals surface area (Å²) in [6.07, 6.45) is 1.20. The Kier molecular flexibility index (Phi) is 7.35. The molecule has 0 aliphatic carbocycles. The van der Waals surface area contributed by atoms with Crippen LogP contribution in [0.4, 0.5) is 0 Å². The first kappa shape index (κ1) is 12.2. The average molecular weight is 179 g/mol. The van der Waals surface area contributed by atoms with Crippen LogP contribution in [0.3, 0.4) is 0 Å². The van der Waals surface area contributed by atoms with E-state index in [1.165, 1.54) is 12.0 Å². The molecule has 0 aliphatic heterocycles. The molecule has 0 amide bonds. The summed E-state index contributed by atoms with van der Waals surface area (Å²) in [5.41, 5.74) is 1.44. The monoisotopic (exact) mass is 179 g/mol. The summed E-state index contributed by atoms with van der Waals surface area (Å²) in [6, 6.07) is 10.6. The maximum Gasteiger partial charge on any atom is 0.482 e. The molecule has 0 aromatic heterocycles. The molecule has 0 saturated heterocycles. The molecule has 1 aromatic carbocycles. The third kappa shape index (κ3) is 7.56. The summed E-state index contributed by atoms with van der Waals surface area (Å²) in [5.74, 6) is 0.766. The van der Waals surface area contributed by atoms with Gasteiger partial charge >= 0.3 is 7.69 Å². The Bertz CT molecular complexity index is 199. The topological polar surface area (TPSA) is 40.5 Å². The number of hydrogen-bond acceptors (Lipinski definition) is 2. The van der Waals surface area contributed by atoms with E-state index in [0.717, 1.165) is 5.92 Å². The summed E-state index contributed by atoms with van der Waals surface area (Å²) in [6.45, 7) is 4.49. The van der Waals surface area contributed by atoms with Gasteiger partial charge in [-0.05, 0) is 17.9 Å². The highest BCUT2D eigenvalue weighted by molar-refractivity contribution is 6.13. The van der Waals surface area contributed by atoms with Crippen LogP contribution < -0.4 is 0 Å². The van der Waals surface area contributed by atoms with Gasteiger partial charge in [-0.25, -0.2) is 0 Å². The minimum absolute atomic E-state index is 0. The van der Waals surface area contributed by atoms with Crippen molar-refractivity contribution in [1.82, 2.24) is 0 Å². The molecular weight excluding hydrogens is 163 g/mol. The molecule has 0 unspecified atom stereocenters. The molecule has 0 spiro atoms. The van der Waals surface area contributed by atoms with E-state index in [-0.39, 0.29) is 7.69 Å². The van der Waals surface area contributed by atoms with Gasteiger partial charge in [-0.1, -0.05) is 44.2 Å². The molecule has 0 atom stereocenters. The maximum absolute atomic E-state index is 7.00. The fourth-order valence-electron chi connectivity index (χ4n) is 1.09. The summed E-state index contributed by atoms with van der Waals surface area (Å²) in [7, 11) is 0. The fraction of sp³-hybridized carbons (Fsp3) is 0.400. The third-order valence-corrected chi connectivity index (χ3v) is 1.49. The van der Waals surface area contributed by atoms with Crippen molar-refractivity contribution in [3.8, 4) is 0 Å². The molecule has 2 nitrogen and oxygen atoms in total. The Hall–Kier alpha value is -0.795. The molecule has 3 heteroatoms. The third-order valence-electron chi connectivity index (χ3n) is 1.49. The lowest BCUT2D eigenvalue weighted by Crippen LogP contribution is -1.92. The van der Waals surface area contributed by atoms with Gasteiger partial charge in [-0.15, -0.1) is 0 Å². The van der Waals surface area contributed by atoms with Crippen LogP contribution in [0.15, 0.2) is 30.3 Å². The van der Waals surface area contributed by atoms with Gasteiger partial charge in [0, 0.05) is 0 Å². The van der Waals surface area contributed by atoms with Crippen LogP contribution in [0.25, 0.3) is 0 Å². The average Bonchev–Trinajstić information content (AvgIpc) is 2.06. The molecule has 0 fully saturated rings. The second-order valence-corrected chi connectivity index (χ2v) is 3.20. The van der Waals surface area contributed by atoms with E-state index >= 15 is 0 Å². The number of rotatable bonds is 2. The molecule has 71 valence electrons. The van der Waals surface area contributed by atoms with Gasteiger partial charge in [0.1, 0.15) is 0 Å². The van der Waals surface area contributed by atoms with E-state index in [0.29, 0.717) is 0 Å². The van der Waals surface area contributed by atoms with Crippen LogP contribution in [0.5, 0.6) is 0 Å². The van der Waals surface area contributed by atoms with Crippen molar-refractivity contribution in [3.05, 3.63) is 35.9 Å². The molecule has 0 aliphatic rings. The predicted octanol–water partition coefficient (Wildman–Crippen LogP) is 1.39. The molecule has 0 bridgehead atoms. The van der Waals surface area contributed by atoms with Crippen LogP contribution in [0, 0.1) is 5.92 Å². The standard InChI is InChI=1S/C10H14.BH2O2/c1-9(2)8-10-6-4-3-5-7-10;2-1-3/h3-7,9H,8H2,1-2H3;2-3H. The fourth-order valence-corrected chi connectivity index (χ4v) is 1.09. The maximum atomic E-state index is 7.00. The van der Waals surface area contributed by atoms with E-state index < -0.39 is 0 Å². The smallest absolute Gasteiger partial charge is 0.429 e. The zero-order valence-corrected chi connectivity index (χ0v) is 8.14. The lowest BCUT2D eigenvalue weighted by atomic mass is 10.0. The Morgan fingerprint density at radius 1 is 1.15 bits per heavy atom. The van der Waals surface area contributed by atoms with Gasteiger partial charge in [-0.3, -0.25) is 0 Å². The highest BCUT2D eigenvalue weighted by Gasteiger charge is 1.94. The Labute approximate surface area is 80.5 Å². The van der Waals surface area contributed by atoms with E-state index in [2.05, 4.69) is 44.2 Å². The van der Waals surface area contributed by atoms with Crippen LogP contribution in [-0.4, -0.2) is 17.7 Å². The summed E-state index contributed by atoms with van der Waals surface area (Å²) in [5, 5.41) is 14.0. The second kappa shape index (κ2) is 7.83. The predicted molar refractivity (Wildman–Crippen MR) is 55.2 cm³/mol. The Morgan fingerprint density at radius 2 is 1.62 bits per heavy atom. The second-order valence-electron chi connectivity index (χ2n) is 3.20. The van der Waals surface area contributed by atoms with E-state index in [1.807, 2.05) is 0 Å². The first-order chi connectivity index (χ1) is 6.20. The van der Waals surface area contributed by atoms with Crippen molar-refractivity contribution < 1.29 is 10.0 Å². The van der Waals surface area contributed by atoms with E-state index in [1.54, 1.807) is 0 Å². The first-order valence-electron chi connectivity index (χ1n) is 4.34. The van der Waals surface area contributed by atoms with Gasteiger partial charge in [0.2, 0.25) is 0 Å². The highest BCUT2D eigenvalue weighted by atomic mass is 16.4. The van der Waals surface area contributed by atoms with Crippen molar-refractivity contribution in [1.29, 1.82) is 0 Å². The Morgan fingerprint density at radius 3 is 2.00 bits per heavy atom. The van der Waals surface area contributed by atoms with Gasteiger partial charge in [0.05, 0.1) is 0 Å². The molecule has 1 aromatic rings. The molecular formula is C10H16BO2. The summed E-state index contributed by atoms with van der Waals surface area (Å²) >= 11 is 0. The van der Waals surface area contributed by atoms with Crippen molar-refractivity contribution in [2.45, 2.75) is 20.3 Å². The number of hydrogen-bond donors (Lipinski definition) is 2. The Balaban J connectivity index is 0.000000424. The number of benzene rings is 1. The highest BCUT2D eigenvalue weighted by Crippen LogP contribution is 2.05. The molecule has 1 radical (unpaired) electrons. The van der Waals surface area contributed by atoms with Crippen molar-refractivity contribution in [2.24, 2.45) is 5.92 Å². The summed E-state index contributed by atoms with van der Waals surface area (Å²) < 4.78 is 0. The van der Waals surface area contributed by atoms with Crippen molar-refractivity contribution in [2.75, 3.05) is 0 Å². The quantitative estimate of drug-likeness (QED) is 0.673. The van der Waals surface area contributed by atoms with Gasteiger partial charge in [-0.2, -0.15) is 0 Å². The molecule has 1 rings (SSSR count). The minimum Gasteiger partial charge on any atom is -0.429 e. The lowest BCUT2D eigenvalue weighted by molar-refractivity contribution is 0.448. The van der Waals surface area contributed by atoms with Crippen molar-refractivity contribution in [3.63, 3.8) is 0 Å². The lowest BCUT2D eigenvalue weighted by Gasteiger charge is -2.02. The van der Waals surface area contributed by atoms with Crippen LogP contribution in [0.2, 0.25) is 0 Å². The largest absolute Gasteiger partial charge is 0.482 e. The zero-order valence-electron chi connectivity index (χ0n) is 8.14. The minimum atomic E-state index is 0. The van der Waals surface area contributed by atoms with E-state index in [9.17, 15) is 0 Å². The van der Waals surface area contributed by atoms with Crippen LogP contribution in [0.1, 0.15) is 19.4 Å². The molecule has 0 saturated carbocycles. The molecule has 13 heavy (non-hydrogen) atoms. The SMILES string of the molecule is CC(C)Cc1ccccc1.O[B]O. The van der Waals surface area contributed by atoms with Crippen molar-refractivity contribution >= 4 is 7.69 Å². The van der Waals surface area contributed by atoms with Crippen LogP contribution >= 0.6 is 0 Å². The molecule has 0 heterocycles. The molecule has 2 N–H and O–H groups in total. The van der Waals surface area contributed by atoms with Gasteiger partial charge in [0.25, 0.3) is 0 Å². The normalized spacial score (nSPS) is 9.00. The zero-order chi connectivity index (χ0) is 10.1.